The fourth-order valence-electron chi connectivity index (χ4n) is 1.30. The summed E-state index contributed by atoms with van der Waals surface area (Å²) in [6, 6.07) is 4.42. The molecule has 0 atom stereocenters. The Balaban J connectivity index is 2.82. The smallest absolute Gasteiger partial charge is 0.338 e. The van der Waals surface area contributed by atoms with Crippen LogP contribution < -0.4 is 0 Å². The molecule has 0 unspecified atom stereocenters. The lowest BCUT2D eigenvalue weighted by molar-refractivity contribution is 0.0697. The van der Waals surface area contributed by atoms with Gasteiger partial charge >= 0.3 is 5.97 Å². The summed E-state index contributed by atoms with van der Waals surface area (Å²) in [4.78, 5) is 14.7. The molecule has 2 rings (SSSR count). The highest BCUT2D eigenvalue weighted by Crippen LogP contribution is 2.28. The SMILES string of the molecule is O=C(O)c1cnc2ccc(O)cc2c1Cl. The van der Waals surface area contributed by atoms with Crippen LogP contribution >= 0.6 is 11.6 Å². The van der Waals surface area contributed by atoms with Crippen molar-refractivity contribution >= 4 is 28.5 Å². The molecule has 1 aromatic carbocycles. The fraction of sp³-hybridized carbons (Fsp3) is 0. The number of hydrogen-bond donors (Lipinski definition) is 2. The van der Waals surface area contributed by atoms with Crippen LogP contribution in [0, 0.1) is 0 Å². The predicted octanol–water partition coefficient (Wildman–Crippen LogP) is 2.29. The Morgan fingerprint density at radius 2 is 2.13 bits per heavy atom. The van der Waals surface area contributed by atoms with Crippen LogP contribution in [0.5, 0.6) is 5.75 Å². The number of halogens is 1. The molecule has 2 N–H and O–H groups in total. The molecule has 0 saturated heterocycles. The van der Waals surface area contributed by atoms with E-state index in [0.717, 1.165) is 0 Å². The van der Waals surface area contributed by atoms with Crippen molar-refractivity contribution in [1.82, 2.24) is 4.98 Å². The zero-order valence-corrected chi connectivity index (χ0v) is 8.19. The maximum atomic E-state index is 10.8. The van der Waals surface area contributed by atoms with E-state index in [9.17, 15) is 9.90 Å². The third-order valence-corrected chi connectivity index (χ3v) is 2.42. The first-order valence-electron chi connectivity index (χ1n) is 4.10. The first-order chi connectivity index (χ1) is 7.09. The molecule has 0 amide bonds. The van der Waals surface area contributed by atoms with Crippen molar-refractivity contribution < 1.29 is 15.0 Å². The summed E-state index contributed by atoms with van der Waals surface area (Å²) in [5.41, 5.74) is 0.470. The maximum Gasteiger partial charge on any atom is 0.338 e. The van der Waals surface area contributed by atoms with Crippen LogP contribution in [0.15, 0.2) is 24.4 Å². The average Bonchev–Trinajstić information content (AvgIpc) is 2.19. The quantitative estimate of drug-likeness (QED) is 0.778. The molecule has 0 aliphatic heterocycles. The number of nitrogens with zero attached hydrogens (tertiary/aromatic N) is 1. The van der Waals surface area contributed by atoms with E-state index >= 15 is 0 Å². The van der Waals surface area contributed by atoms with Gasteiger partial charge in [-0.25, -0.2) is 4.79 Å². The number of phenolic OH excluding ortho intramolecular Hbond substituents is 1. The summed E-state index contributed by atoms with van der Waals surface area (Å²) in [5.74, 6) is -1.12. The normalized spacial score (nSPS) is 10.5. The van der Waals surface area contributed by atoms with E-state index in [-0.39, 0.29) is 16.3 Å². The van der Waals surface area contributed by atoms with Crippen LogP contribution in [0.1, 0.15) is 10.4 Å². The fourth-order valence-corrected chi connectivity index (χ4v) is 1.58. The number of pyridine rings is 1. The van der Waals surface area contributed by atoms with Crippen LogP contribution in [0.2, 0.25) is 5.02 Å². The summed E-state index contributed by atoms with van der Waals surface area (Å²) in [6.07, 6.45) is 1.20. The molecule has 0 aliphatic rings. The van der Waals surface area contributed by atoms with Crippen molar-refractivity contribution in [3.05, 3.63) is 35.0 Å². The number of hydrogen-bond acceptors (Lipinski definition) is 3. The zero-order chi connectivity index (χ0) is 11.0. The zero-order valence-electron chi connectivity index (χ0n) is 7.44. The Morgan fingerprint density at radius 3 is 2.80 bits per heavy atom. The molecule has 2 aromatic rings. The maximum absolute atomic E-state index is 10.8. The van der Waals surface area contributed by atoms with Gasteiger partial charge in [0, 0.05) is 11.6 Å². The summed E-state index contributed by atoms with van der Waals surface area (Å²) in [5, 5.41) is 18.6. The number of carbonyl (C=O) groups is 1. The van der Waals surface area contributed by atoms with Crippen molar-refractivity contribution in [2.24, 2.45) is 0 Å². The second kappa shape index (κ2) is 3.40. The summed E-state index contributed by atoms with van der Waals surface area (Å²) >= 11 is 5.88. The van der Waals surface area contributed by atoms with E-state index in [2.05, 4.69) is 4.98 Å². The molecular formula is C10H6ClNO3. The van der Waals surface area contributed by atoms with Gasteiger partial charge in [0.2, 0.25) is 0 Å². The Morgan fingerprint density at radius 1 is 1.40 bits per heavy atom. The van der Waals surface area contributed by atoms with Crippen LogP contribution in [0.4, 0.5) is 0 Å². The standard InChI is InChI=1S/C10H6ClNO3/c11-9-6-3-5(13)1-2-8(6)12-4-7(9)10(14)15/h1-4,13H,(H,14,15). The Labute approximate surface area is 89.8 Å². The Bertz CT molecular complexity index is 554. The van der Waals surface area contributed by atoms with Gasteiger partial charge in [-0.1, -0.05) is 11.6 Å². The molecule has 15 heavy (non-hydrogen) atoms. The van der Waals surface area contributed by atoms with Gasteiger partial charge in [-0.15, -0.1) is 0 Å². The van der Waals surface area contributed by atoms with Gasteiger partial charge in [0.1, 0.15) is 5.75 Å². The van der Waals surface area contributed by atoms with E-state index in [0.29, 0.717) is 10.9 Å². The monoisotopic (exact) mass is 223 g/mol. The van der Waals surface area contributed by atoms with Gasteiger partial charge in [-0.3, -0.25) is 4.98 Å². The number of aromatic hydroxyl groups is 1. The number of rotatable bonds is 1. The summed E-state index contributed by atoms with van der Waals surface area (Å²) < 4.78 is 0. The van der Waals surface area contributed by atoms with Gasteiger partial charge in [0.15, 0.2) is 0 Å². The minimum absolute atomic E-state index is 0.0220. The van der Waals surface area contributed by atoms with E-state index in [1.54, 1.807) is 6.07 Å². The first kappa shape index (κ1) is 9.73. The van der Waals surface area contributed by atoms with Crippen LogP contribution in [-0.4, -0.2) is 21.2 Å². The van der Waals surface area contributed by atoms with Crippen molar-refractivity contribution in [2.45, 2.75) is 0 Å². The number of phenols is 1. The molecule has 0 fully saturated rings. The van der Waals surface area contributed by atoms with Gasteiger partial charge in [0.05, 0.1) is 16.1 Å². The van der Waals surface area contributed by atoms with Crippen LogP contribution in [-0.2, 0) is 0 Å². The molecule has 0 aliphatic carbocycles. The van der Waals surface area contributed by atoms with E-state index in [4.69, 9.17) is 16.7 Å². The summed E-state index contributed by atoms with van der Waals surface area (Å²) in [6.45, 7) is 0. The lowest BCUT2D eigenvalue weighted by atomic mass is 10.1. The molecule has 1 heterocycles. The van der Waals surface area contributed by atoms with Gasteiger partial charge in [-0.05, 0) is 18.2 Å². The molecule has 4 nitrogen and oxygen atoms in total. The van der Waals surface area contributed by atoms with Crippen molar-refractivity contribution in [3.63, 3.8) is 0 Å². The first-order valence-corrected chi connectivity index (χ1v) is 4.48. The lowest BCUT2D eigenvalue weighted by Crippen LogP contribution is -1.98. The minimum atomic E-state index is -1.14. The number of aromatic carboxylic acids is 1. The number of fused-ring (bicyclic) bond motifs is 1. The molecule has 76 valence electrons. The number of benzene rings is 1. The number of carboxylic acids is 1. The molecule has 5 heteroatoms. The molecular weight excluding hydrogens is 218 g/mol. The van der Waals surface area contributed by atoms with Crippen LogP contribution in [0.25, 0.3) is 10.9 Å². The minimum Gasteiger partial charge on any atom is -0.508 e. The van der Waals surface area contributed by atoms with Gasteiger partial charge in [-0.2, -0.15) is 0 Å². The van der Waals surface area contributed by atoms with E-state index in [1.165, 1.54) is 18.3 Å². The van der Waals surface area contributed by atoms with Gasteiger partial charge < -0.3 is 10.2 Å². The van der Waals surface area contributed by atoms with Crippen molar-refractivity contribution in [3.8, 4) is 5.75 Å². The highest BCUT2D eigenvalue weighted by atomic mass is 35.5. The van der Waals surface area contributed by atoms with Crippen LogP contribution in [0.3, 0.4) is 0 Å². The van der Waals surface area contributed by atoms with E-state index < -0.39 is 5.97 Å². The van der Waals surface area contributed by atoms with Crippen molar-refractivity contribution in [2.75, 3.05) is 0 Å². The third-order valence-electron chi connectivity index (χ3n) is 2.02. The molecule has 1 aromatic heterocycles. The highest BCUT2D eigenvalue weighted by Gasteiger charge is 2.12. The Hall–Kier alpha value is -1.81. The number of aromatic nitrogens is 1. The molecule has 0 spiro atoms. The molecule has 0 saturated carbocycles. The summed E-state index contributed by atoms with van der Waals surface area (Å²) in [7, 11) is 0. The highest BCUT2D eigenvalue weighted by molar-refractivity contribution is 6.38. The third kappa shape index (κ3) is 1.59. The molecule has 0 radical (unpaired) electrons. The largest absolute Gasteiger partial charge is 0.508 e. The second-order valence-electron chi connectivity index (χ2n) is 2.99. The topological polar surface area (TPSA) is 70.4 Å². The van der Waals surface area contributed by atoms with E-state index in [1.807, 2.05) is 0 Å². The van der Waals surface area contributed by atoms with Crippen molar-refractivity contribution in [1.29, 1.82) is 0 Å². The second-order valence-corrected chi connectivity index (χ2v) is 3.37. The lowest BCUT2D eigenvalue weighted by Gasteiger charge is -2.03. The average molecular weight is 224 g/mol. The number of carboxylic acid groups (broad SMARTS) is 1. The predicted molar refractivity (Wildman–Crippen MR) is 55.4 cm³/mol. The molecule has 0 bridgehead atoms. The van der Waals surface area contributed by atoms with Gasteiger partial charge in [0.25, 0.3) is 0 Å². The Kier molecular flexibility index (Phi) is 2.21.